The Balaban J connectivity index is -0.0000000300. The van der Waals surface area contributed by atoms with Gasteiger partial charge in [0.15, 0.2) is 0 Å². The van der Waals surface area contributed by atoms with Crippen molar-refractivity contribution in [2.24, 2.45) is 11.5 Å². The van der Waals surface area contributed by atoms with Gasteiger partial charge in [-0.3, -0.25) is 0 Å². The summed E-state index contributed by atoms with van der Waals surface area (Å²) in [6.07, 6.45) is 1.10. The lowest BCUT2D eigenvalue weighted by Crippen LogP contribution is -2.06. The van der Waals surface area contributed by atoms with E-state index < -0.39 is 0 Å². The highest BCUT2D eigenvalue weighted by atomic mass is 127. The van der Waals surface area contributed by atoms with Crippen molar-refractivity contribution in [3.8, 4) is 0 Å². The van der Waals surface area contributed by atoms with Crippen LogP contribution >= 0.6 is 48.0 Å². The minimum absolute atomic E-state index is 0. The van der Waals surface area contributed by atoms with Crippen LogP contribution in [-0.2, 0) is 0 Å². The van der Waals surface area contributed by atoms with Crippen LogP contribution in [0, 0.1) is 0 Å². The van der Waals surface area contributed by atoms with E-state index in [9.17, 15) is 0 Å². The Hall–Kier alpha value is 1.38. The summed E-state index contributed by atoms with van der Waals surface area (Å²) >= 11 is 0. The summed E-state index contributed by atoms with van der Waals surface area (Å²) in [5.41, 5.74) is 10.1. The summed E-state index contributed by atoms with van der Waals surface area (Å²) in [5.74, 6) is 0. The van der Waals surface area contributed by atoms with E-state index in [2.05, 4.69) is 6.92 Å². The second-order valence-electron chi connectivity index (χ2n) is 2.03. The van der Waals surface area contributed by atoms with Crippen LogP contribution in [0.3, 0.4) is 0 Å². The van der Waals surface area contributed by atoms with Gasteiger partial charge >= 0.3 is 0 Å². The molecule has 0 fully saturated rings. The zero-order valence-electron chi connectivity index (χ0n) is 6.96. The summed E-state index contributed by atoms with van der Waals surface area (Å²) in [6, 6.07) is 0.333. The molecule has 0 amide bonds. The molecule has 68 valence electrons. The molecule has 0 aromatic heterocycles. The topological polar surface area (TPSA) is 52.0 Å². The molecule has 0 aromatic carbocycles. The van der Waals surface area contributed by atoms with Crippen LogP contribution in [0.5, 0.6) is 0 Å². The molecule has 4 N–H and O–H groups in total. The molecule has 10 heavy (non-hydrogen) atoms. The summed E-state index contributed by atoms with van der Waals surface area (Å²) in [6.45, 7) is 6.76. The molecule has 0 unspecified atom stereocenters. The predicted molar refractivity (Wildman–Crippen MR) is 69.5 cm³/mol. The maximum absolute atomic E-state index is 5.11. The molecular formula is C6H20I2N2. The fourth-order valence-corrected chi connectivity index (χ4v) is 0. The Labute approximate surface area is 98.5 Å². The second-order valence-corrected chi connectivity index (χ2v) is 2.03. The van der Waals surface area contributed by atoms with Crippen molar-refractivity contribution >= 4 is 48.0 Å². The minimum Gasteiger partial charge on any atom is -0.330 e. The van der Waals surface area contributed by atoms with Gasteiger partial charge < -0.3 is 11.5 Å². The second kappa shape index (κ2) is 22.4. The van der Waals surface area contributed by atoms with Crippen LogP contribution in [0.1, 0.15) is 27.2 Å². The number of hydrogen-bond donors (Lipinski definition) is 2. The van der Waals surface area contributed by atoms with E-state index in [0.29, 0.717) is 6.04 Å². The van der Waals surface area contributed by atoms with Crippen molar-refractivity contribution < 1.29 is 0 Å². The van der Waals surface area contributed by atoms with Gasteiger partial charge in [-0.15, -0.1) is 48.0 Å². The van der Waals surface area contributed by atoms with E-state index >= 15 is 0 Å². The van der Waals surface area contributed by atoms with E-state index in [4.69, 9.17) is 11.5 Å². The van der Waals surface area contributed by atoms with E-state index in [1.807, 2.05) is 13.8 Å². The lowest BCUT2D eigenvalue weighted by Gasteiger charge is -1.81. The average Bonchev–Trinajstić information content (AvgIpc) is 1.65. The van der Waals surface area contributed by atoms with Crippen molar-refractivity contribution in [3.05, 3.63) is 0 Å². The highest BCUT2D eigenvalue weighted by molar-refractivity contribution is 14.0. The molecule has 0 rings (SSSR count). The molecule has 0 aliphatic rings. The van der Waals surface area contributed by atoms with Crippen LogP contribution in [0.25, 0.3) is 0 Å². The molecule has 0 radical (unpaired) electrons. The smallest absolute Gasteiger partial charge is 0.00179 e. The van der Waals surface area contributed by atoms with Gasteiger partial charge in [-0.1, -0.05) is 20.8 Å². The molecule has 0 aromatic rings. The maximum atomic E-state index is 5.11. The Morgan fingerprint density at radius 3 is 1.30 bits per heavy atom. The molecule has 0 aliphatic carbocycles. The van der Waals surface area contributed by atoms with Gasteiger partial charge in [0.25, 0.3) is 0 Å². The van der Waals surface area contributed by atoms with Gasteiger partial charge in [0.1, 0.15) is 0 Å². The standard InChI is InChI=1S/2C3H9N.2HI/c1-3(2)4;1-2-3-4;;/h3H,4H2,1-2H3;2-4H2,1H3;2*1H. The number of nitrogens with two attached hydrogens (primary N) is 2. The SMILES string of the molecule is CC(C)N.CCCN.I.I. The Morgan fingerprint density at radius 1 is 1.20 bits per heavy atom. The minimum atomic E-state index is 0. The Morgan fingerprint density at radius 2 is 1.30 bits per heavy atom. The monoisotopic (exact) mass is 374 g/mol. The highest BCUT2D eigenvalue weighted by Crippen LogP contribution is 1.58. The first-order valence-corrected chi connectivity index (χ1v) is 3.10. The molecule has 0 spiro atoms. The van der Waals surface area contributed by atoms with E-state index in [1.54, 1.807) is 0 Å². The highest BCUT2D eigenvalue weighted by Gasteiger charge is 1.67. The maximum Gasteiger partial charge on any atom is -0.00179 e. The van der Waals surface area contributed by atoms with Gasteiger partial charge in [-0.05, 0) is 19.0 Å². The third-order valence-corrected chi connectivity index (χ3v) is 0.289. The number of halogens is 2. The summed E-state index contributed by atoms with van der Waals surface area (Å²) in [4.78, 5) is 0. The van der Waals surface area contributed by atoms with Crippen LogP contribution in [0.2, 0.25) is 0 Å². The van der Waals surface area contributed by atoms with Crippen LogP contribution in [0.15, 0.2) is 0 Å². The first-order chi connectivity index (χ1) is 3.65. The summed E-state index contributed by atoms with van der Waals surface area (Å²) < 4.78 is 0. The molecule has 0 bridgehead atoms. The van der Waals surface area contributed by atoms with Crippen molar-refractivity contribution in [1.29, 1.82) is 0 Å². The largest absolute Gasteiger partial charge is 0.330 e. The van der Waals surface area contributed by atoms with E-state index in [-0.39, 0.29) is 48.0 Å². The Bertz CT molecular complexity index is 30.2. The normalized spacial score (nSPS) is 6.60. The third kappa shape index (κ3) is 116. The van der Waals surface area contributed by atoms with Gasteiger partial charge in [-0.2, -0.15) is 0 Å². The van der Waals surface area contributed by atoms with Gasteiger partial charge in [0.05, 0.1) is 0 Å². The van der Waals surface area contributed by atoms with E-state index in [1.165, 1.54) is 0 Å². The molecule has 0 aliphatic heterocycles. The van der Waals surface area contributed by atoms with Crippen LogP contribution < -0.4 is 11.5 Å². The van der Waals surface area contributed by atoms with Crippen molar-refractivity contribution in [2.75, 3.05) is 6.54 Å². The molecule has 4 heteroatoms. The van der Waals surface area contributed by atoms with Crippen LogP contribution in [0.4, 0.5) is 0 Å². The first kappa shape index (κ1) is 22.5. The quantitative estimate of drug-likeness (QED) is 0.690. The lowest BCUT2D eigenvalue weighted by atomic mass is 10.5. The zero-order chi connectivity index (χ0) is 6.99. The lowest BCUT2D eigenvalue weighted by molar-refractivity contribution is 0.834. The molecular weight excluding hydrogens is 354 g/mol. The molecule has 0 saturated carbocycles. The number of rotatable bonds is 1. The summed E-state index contributed by atoms with van der Waals surface area (Å²) in [5, 5.41) is 0. The average molecular weight is 374 g/mol. The molecule has 0 heterocycles. The van der Waals surface area contributed by atoms with Crippen molar-refractivity contribution in [3.63, 3.8) is 0 Å². The zero-order valence-corrected chi connectivity index (χ0v) is 11.6. The number of hydrogen-bond acceptors (Lipinski definition) is 2. The van der Waals surface area contributed by atoms with Crippen molar-refractivity contribution in [1.82, 2.24) is 0 Å². The van der Waals surface area contributed by atoms with E-state index in [0.717, 1.165) is 13.0 Å². The van der Waals surface area contributed by atoms with Crippen molar-refractivity contribution in [2.45, 2.75) is 33.2 Å². The predicted octanol–water partition coefficient (Wildman–Crippen LogP) is 1.94. The third-order valence-electron chi connectivity index (χ3n) is 0.289. The van der Waals surface area contributed by atoms with Gasteiger partial charge in [-0.25, -0.2) is 0 Å². The fraction of sp³-hybridized carbons (Fsp3) is 1.00. The molecule has 0 saturated heterocycles. The molecule has 0 atom stereocenters. The first-order valence-electron chi connectivity index (χ1n) is 3.10. The Kier molecular flexibility index (Phi) is 50.5. The van der Waals surface area contributed by atoms with Crippen LogP contribution in [-0.4, -0.2) is 12.6 Å². The fourth-order valence-electron chi connectivity index (χ4n) is 0. The van der Waals surface area contributed by atoms with Gasteiger partial charge in [0.2, 0.25) is 0 Å². The molecule has 2 nitrogen and oxygen atoms in total. The van der Waals surface area contributed by atoms with Gasteiger partial charge in [0, 0.05) is 0 Å². The summed E-state index contributed by atoms with van der Waals surface area (Å²) in [7, 11) is 0.